The van der Waals surface area contributed by atoms with Crippen LogP contribution in [0.4, 0.5) is 4.39 Å². The number of halogens is 1. The van der Waals surface area contributed by atoms with Crippen molar-refractivity contribution in [1.29, 1.82) is 0 Å². The molecule has 1 aliphatic heterocycles. The van der Waals surface area contributed by atoms with Gasteiger partial charge in [0.05, 0.1) is 12.2 Å². The van der Waals surface area contributed by atoms with E-state index in [1.165, 1.54) is 6.07 Å². The van der Waals surface area contributed by atoms with E-state index >= 15 is 0 Å². The van der Waals surface area contributed by atoms with Gasteiger partial charge in [0.25, 0.3) is 0 Å². The molecule has 1 heterocycles. The van der Waals surface area contributed by atoms with Crippen LogP contribution in [-0.4, -0.2) is 18.4 Å². The number of benzene rings is 2. The summed E-state index contributed by atoms with van der Waals surface area (Å²) >= 11 is 0. The van der Waals surface area contributed by atoms with Gasteiger partial charge < -0.3 is 4.74 Å². The highest BCUT2D eigenvalue weighted by Crippen LogP contribution is 2.25. The molecule has 0 saturated carbocycles. The van der Waals surface area contributed by atoms with Crippen LogP contribution in [-0.2, 0) is 9.57 Å². The molecular weight excluding hydrogens is 299 g/mol. The van der Waals surface area contributed by atoms with Gasteiger partial charge in [0, 0.05) is 11.1 Å². The molecule has 0 aliphatic carbocycles. The summed E-state index contributed by atoms with van der Waals surface area (Å²) in [6.07, 6.45) is -0.766. The van der Waals surface area contributed by atoms with E-state index in [4.69, 9.17) is 9.57 Å². The SMILES string of the molecule is CCOC(=O)c1cccc(C2=NC(c3ccccc3F)ON2)c1. The number of esters is 1. The maximum atomic E-state index is 13.8. The van der Waals surface area contributed by atoms with Gasteiger partial charge in [-0.3, -0.25) is 0 Å². The number of rotatable bonds is 4. The Kier molecular flexibility index (Phi) is 4.34. The maximum absolute atomic E-state index is 13.8. The van der Waals surface area contributed by atoms with Gasteiger partial charge in [-0.15, -0.1) is 0 Å². The Labute approximate surface area is 132 Å². The highest BCUT2D eigenvalue weighted by molar-refractivity contribution is 6.01. The van der Waals surface area contributed by atoms with Crippen LogP contribution in [0.3, 0.4) is 0 Å². The summed E-state index contributed by atoms with van der Waals surface area (Å²) in [6.45, 7) is 2.05. The Hall–Kier alpha value is -2.73. The predicted molar refractivity (Wildman–Crippen MR) is 82.3 cm³/mol. The van der Waals surface area contributed by atoms with Crippen molar-refractivity contribution >= 4 is 11.8 Å². The van der Waals surface area contributed by atoms with Crippen molar-refractivity contribution in [2.24, 2.45) is 4.99 Å². The summed E-state index contributed by atoms with van der Waals surface area (Å²) < 4.78 is 18.8. The predicted octanol–water partition coefficient (Wildman–Crippen LogP) is 2.98. The van der Waals surface area contributed by atoms with Crippen LogP contribution in [0.2, 0.25) is 0 Å². The largest absolute Gasteiger partial charge is 0.462 e. The van der Waals surface area contributed by atoms with Gasteiger partial charge in [-0.05, 0) is 25.1 Å². The van der Waals surface area contributed by atoms with Crippen molar-refractivity contribution in [2.75, 3.05) is 6.61 Å². The van der Waals surface area contributed by atoms with Crippen molar-refractivity contribution in [1.82, 2.24) is 5.48 Å². The molecule has 23 heavy (non-hydrogen) atoms. The molecule has 2 aromatic carbocycles. The Bertz CT molecular complexity index is 761. The number of hydrogen-bond donors (Lipinski definition) is 1. The third kappa shape index (κ3) is 3.22. The molecule has 6 heteroatoms. The molecule has 1 aliphatic rings. The van der Waals surface area contributed by atoms with Gasteiger partial charge in [0.15, 0.2) is 5.84 Å². The zero-order valence-corrected chi connectivity index (χ0v) is 12.5. The van der Waals surface area contributed by atoms with E-state index in [1.54, 1.807) is 49.4 Å². The Balaban J connectivity index is 1.86. The van der Waals surface area contributed by atoms with Crippen LogP contribution in [0.1, 0.15) is 34.6 Å². The van der Waals surface area contributed by atoms with E-state index in [0.717, 1.165) is 0 Å². The first-order valence-corrected chi connectivity index (χ1v) is 7.20. The molecule has 2 aromatic rings. The summed E-state index contributed by atoms with van der Waals surface area (Å²) in [5, 5.41) is 0. The van der Waals surface area contributed by atoms with E-state index in [9.17, 15) is 9.18 Å². The molecule has 0 aromatic heterocycles. The van der Waals surface area contributed by atoms with Crippen LogP contribution < -0.4 is 5.48 Å². The van der Waals surface area contributed by atoms with Gasteiger partial charge >= 0.3 is 5.97 Å². The van der Waals surface area contributed by atoms with Crippen LogP contribution in [0.15, 0.2) is 53.5 Å². The molecular formula is C17H15FN2O3. The lowest BCUT2D eigenvalue weighted by Gasteiger charge is -2.06. The topological polar surface area (TPSA) is 59.9 Å². The van der Waals surface area contributed by atoms with Gasteiger partial charge in [-0.25, -0.2) is 24.5 Å². The summed E-state index contributed by atoms with van der Waals surface area (Å²) in [4.78, 5) is 21.4. The smallest absolute Gasteiger partial charge is 0.338 e. The first kappa shape index (κ1) is 15.2. The van der Waals surface area contributed by atoms with Crippen molar-refractivity contribution in [3.05, 3.63) is 71.0 Å². The second-order valence-corrected chi connectivity index (χ2v) is 4.87. The fourth-order valence-corrected chi connectivity index (χ4v) is 2.23. The van der Waals surface area contributed by atoms with E-state index in [-0.39, 0.29) is 5.82 Å². The fraction of sp³-hybridized carbons (Fsp3) is 0.176. The highest BCUT2D eigenvalue weighted by atomic mass is 19.1. The lowest BCUT2D eigenvalue weighted by Crippen LogP contribution is -2.18. The molecule has 5 nitrogen and oxygen atoms in total. The van der Waals surface area contributed by atoms with Gasteiger partial charge in [0.1, 0.15) is 5.82 Å². The minimum absolute atomic E-state index is 0.306. The summed E-state index contributed by atoms with van der Waals surface area (Å²) in [7, 11) is 0. The molecule has 0 radical (unpaired) electrons. The van der Waals surface area contributed by atoms with E-state index < -0.39 is 12.2 Å². The second-order valence-electron chi connectivity index (χ2n) is 4.87. The molecule has 0 saturated heterocycles. The molecule has 3 rings (SSSR count). The highest BCUT2D eigenvalue weighted by Gasteiger charge is 2.23. The maximum Gasteiger partial charge on any atom is 0.338 e. The normalized spacial score (nSPS) is 16.6. The molecule has 1 unspecified atom stereocenters. The van der Waals surface area contributed by atoms with E-state index in [0.29, 0.717) is 29.1 Å². The standard InChI is InChI=1S/C17H15FN2O3/c1-2-22-17(21)12-7-5-6-11(10-12)15-19-16(23-20-15)13-8-3-4-9-14(13)18/h3-10,16H,2H2,1H3,(H,19,20). The number of ether oxygens (including phenoxy) is 1. The summed E-state index contributed by atoms with van der Waals surface area (Å²) in [5.74, 6) is -0.353. The molecule has 1 N–H and O–H groups in total. The average Bonchev–Trinajstić information content (AvgIpc) is 3.05. The molecule has 1 atom stereocenters. The Morgan fingerprint density at radius 2 is 2.13 bits per heavy atom. The van der Waals surface area contributed by atoms with Crippen molar-refractivity contribution in [3.8, 4) is 0 Å². The molecule has 0 amide bonds. The monoisotopic (exact) mass is 314 g/mol. The Morgan fingerprint density at radius 3 is 2.91 bits per heavy atom. The van der Waals surface area contributed by atoms with Crippen LogP contribution in [0.5, 0.6) is 0 Å². The second kappa shape index (κ2) is 6.58. The zero-order chi connectivity index (χ0) is 16.2. The lowest BCUT2D eigenvalue weighted by molar-refractivity contribution is 0.0355. The number of nitrogens with one attached hydrogen (secondary N) is 1. The third-order valence-corrected chi connectivity index (χ3v) is 3.33. The van der Waals surface area contributed by atoms with Gasteiger partial charge in [-0.1, -0.05) is 30.3 Å². The van der Waals surface area contributed by atoms with Crippen molar-refractivity contribution < 1.29 is 18.8 Å². The van der Waals surface area contributed by atoms with Crippen molar-refractivity contribution in [3.63, 3.8) is 0 Å². The third-order valence-electron chi connectivity index (χ3n) is 3.33. The van der Waals surface area contributed by atoms with E-state index in [2.05, 4.69) is 10.5 Å². The van der Waals surface area contributed by atoms with Gasteiger partial charge in [0.2, 0.25) is 6.23 Å². The molecule has 0 spiro atoms. The van der Waals surface area contributed by atoms with Crippen LogP contribution in [0, 0.1) is 5.82 Å². The van der Waals surface area contributed by atoms with E-state index in [1.807, 2.05) is 0 Å². The summed E-state index contributed by atoms with van der Waals surface area (Å²) in [6, 6.07) is 13.1. The number of nitrogens with zero attached hydrogens (tertiary/aromatic N) is 1. The first-order valence-electron chi connectivity index (χ1n) is 7.20. The average molecular weight is 314 g/mol. The van der Waals surface area contributed by atoms with Crippen LogP contribution in [0.25, 0.3) is 0 Å². The number of hydrogen-bond acceptors (Lipinski definition) is 5. The summed E-state index contributed by atoms with van der Waals surface area (Å²) in [5.41, 5.74) is 4.10. The molecule has 0 fully saturated rings. The van der Waals surface area contributed by atoms with Crippen LogP contribution >= 0.6 is 0 Å². The quantitative estimate of drug-likeness (QED) is 0.881. The molecule has 118 valence electrons. The zero-order valence-electron chi connectivity index (χ0n) is 12.5. The minimum Gasteiger partial charge on any atom is -0.462 e. The number of hydroxylamine groups is 1. The number of amidine groups is 1. The minimum atomic E-state index is -0.766. The molecule has 0 bridgehead atoms. The fourth-order valence-electron chi connectivity index (χ4n) is 2.23. The number of carbonyl (C=O) groups excluding carboxylic acids is 1. The first-order chi connectivity index (χ1) is 11.2. The Morgan fingerprint density at radius 1 is 1.30 bits per heavy atom. The number of carbonyl (C=O) groups is 1. The lowest BCUT2D eigenvalue weighted by atomic mass is 10.1. The van der Waals surface area contributed by atoms with Gasteiger partial charge in [-0.2, -0.15) is 0 Å². The number of aliphatic imine (C=N–C) groups is 1. The van der Waals surface area contributed by atoms with Crippen molar-refractivity contribution in [2.45, 2.75) is 13.2 Å².